The van der Waals surface area contributed by atoms with Crippen LogP contribution in [0.2, 0.25) is 5.02 Å². The second kappa shape index (κ2) is 10.0. The number of thioether (sulfide) groups is 1. The van der Waals surface area contributed by atoms with Crippen molar-refractivity contribution in [2.45, 2.75) is 5.16 Å². The Morgan fingerprint density at radius 2 is 1.94 bits per heavy atom. The van der Waals surface area contributed by atoms with Gasteiger partial charge in [0, 0.05) is 16.3 Å². The number of aromatic nitrogens is 2. The summed E-state index contributed by atoms with van der Waals surface area (Å²) in [5.41, 5.74) is 5.91. The van der Waals surface area contributed by atoms with Gasteiger partial charge in [0.1, 0.15) is 11.4 Å². The third kappa shape index (κ3) is 6.00. The van der Waals surface area contributed by atoms with E-state index in [-0.39, 0.29) is 28.3 Å². The molecule has 9 nitrogen and oxygen atoms in total. The molecule has 0 bridgehead atoms. The molecule has 0 aliphatic carbocycles. The fourth-order valence-electron chi connectivity index (χ4n) is 2.48. The normalized spacial score (nSPS) is 10.4. The lowest BCUT2D eigenvalue weighted by Crippen LogP contribution is -2.23. The van der Waals surface area contributed by atoms with Crippen molar-refractivity contribution in [1.82, 2.24) is 9.97 Å². The average molecular weight is 460 g/mol. The number of methoxy groups -OCH3 is 1. The molecule has 31 heavy (non-hydrogen) atoms. The molecule has 2 aromatic carbocycles. The van der Waals surface area contributed by atoms with Gasteiger partial charge in [-0.1, -0.05) is 29.4 Å². The summed E-state index contributed by atoms with van der Waals surface area (Å²) in [6.45, 7) is 0. The molecule has 5 N–H and O–H groups in total. The second-order valence-corrected chi connectivity index (χ2v) is 7.56. The van der Waals surface area contributed by atoms with E-state index in [1.807, 2.05) is 0 Å². The Labute approximate surface area is 186 Å². The molecule has 0 saturated heterocycles. The standard InChI is InChI=1S/C20H18ClN5O4S/c1-30-14-7-5-11(6-8-14)18(28)24-16-17(22)25-20(26-19(16)29)31-10-15(27)23-13-4-2-3-12(21)9-13/h2-9H,10H2,1H3,(H,23,27)(H,24,28)(H3,22,25,26,29). The predicted molar refractivity (Wildman–Crippen MR) is 121 cm³/mol. The van der Waals surface area contributed by atoms with Crippen molar-refractivity contribution in [2.24, 2.45) is 0 Å². The summed E-state index contributed by atoms with van der Waals surface area (Å²) in [5.74, 6) is -0.431. The molecular formula is C20H18ClN5O4S. The Kier molecular flexibility index (Phi) is 7.16. The molecule has 2 amide bonds. The van der Waals surface area contributed by atoms with Crippen LogP contribution in [-0.4, -0.2) is 34.6 Å². The van der Waals surface area contributed by atoms with Crippen LogP contribution < -0.4 is 26.7 Å². The summed E-state index contributed by atoms with van der Waals surface area (Å²) in [6.07, 6.45) is 0. The highest BCUT2D eigenvalue weighted by atomic mass is 35.5. The molecule has 0 spiro atoms. The Hall–Kier alpha value is -3.50. The number of anilines is 3. The molecule has 11 heteroatoms. The maximum absolute atomic E-state index is 12.4. The summed E-state index contributed by atoms with van der Waals surface area (Å²) in [7, 11) is 1.52. The van der Waals surface area contributed by atoms with E-state index in [0.717, 1.165) is 11.8 Å². The van der Waals surface area contributed by atoms with E-state index in [9.17, 15) is 14.4 Å². The first-order valence-corrected chi connectivity index (χ1v) is 10.3. The molecule has 1 aromatic heterocycles. The summed E-state index contributed by atoms with van der Waals surface area (Å²) in [6, 6.07) is 13.1. The van der Waals surface area contributed by atoms with Crippen molar-refractivity contribution in [2.75, 3.05) is 29.2 Å². The maximum atomic E-state index is 12.4. The van der Waals surface area contributed by atoms with Crippen LogP contribution in [0, 0.1) is 0 Å². The molecule has 160 valence electrons. The van der Waals surface area contributed by atoms with Gasteiger partial charge in [-0.05, 0) is 42.5 Å². The largest absolute Gasteiger partial charge is 0.497 e. The lowest BCUT2D eigenvalue weighted by atomic mass is 10.2. The van der Waals surface area contributed by atoms with Gasteiger partial charge in [-0.25, -0.2) is 4.98 Å². The number of hydrogen-bond donors (Lipinski definition) is 4. The topological polar surface area (TPSA) is 139 Å². The lowest BCUT2D eigenvalue weighted by molar-refractivity contribution is -0.113. The van der Waals surface area contributed by atoms with Crippen LogP contribution >= 0.6 is 23.4 Å². The Morgan fingerprint density at radius 3 is 2.58 bits per heavy atom. The number of carbonyl (C=O) groups is 2. The van der Waals surface area contributed by atoms with E-state index in [1.54, 1.807) is 48.5 Å². The van der Waals surface area contributed by atoms with Gasteiger partial charge in [0.25, 0.3) is 11.5 Å². The van der Waals surface area contributed by atoms with E-state index in [2.05, 4.69) is 20.6 Å². The molecule has 0 aliphatic rings. The fourth-order valence-corrected chi connectivity index (χ4v) is 3.34. The monoisotopic (exact) mass is 459 g/mol. The number of aromatic amines is 1. The number of ether oxygens (including phenoxy) is 1. The first-order chi connectivity index (χ1) is 14.9. The van der Waals surface area contributed by atoms with Crippen LogP contribution in [0.5, 0.6) is 5.75 Å². The van der Waals surface area contributed by atoms with Gasteiger partial charge in [0.05, 0.1) is 12.9 Å². The number of amides is 2. The van der Waals surface area contributed by atoms with E-state index < -0.39 is 11.5 Å². The zero-order chi connectivity index (χ0) is 22.4. The fraction of sp³-hybridized carbons (Fsp3) is 0.100. The lowest BCUT2D eigenvalue weighted by Gasteiger charge is -2.09. The molecule has 1 heterocycles. The SMILES string of the molecule is COc1ccc(C(=O)Nc2c(N)nc(SCC(=O)Nc3cccc(Cl)c3)[nH]c2=O)cc1. The number of hydrogen-bond acceptors (Lipinski definition) is 7. The highest BCUT2D eigenvalue weighted by Gasteiger charge is 2.15. The molecule has 3 aromatic rings. The number of nitrogens with two attached hydrogens (primary N) is 1. The van der Waals surface area contributed by atoms with Gasteiger partial charge in [0.2, 0.25) is 5.91 Å². The van der Waals surface area contributed by atoms with Crippen molar-refractivity contribution in [1.29, 1.82) is 0 Å². The smallest absolute Gasteiger partial charge is 0.277 e. The minimum Gasteiger partial charge on any atom is -0.497 e. The summed E-state index contributed by atoms with van der Waals surface area (Å²) < 4.78 is 5.04. The number of nitrogen functional groups attached to an aromatic ring is 1. The molecule has 0 saturated carbocycles. The maximum Gasteiger partial charge on any atom is 0.277 e. The summed E-state index contributed by atoms with van der Waals surface area (Å²) in [4.78, 5) is 43.4. The highest BCUT2D eigenvalue weighted by Crippen LogP contribution is 2.19. The van der Waals surface area contributed by atoms with Crippen molar-refractivity contribution in [3.05, 3.63) is 69.5 Å². The Morgan fingerprint density at radius 1 is 1.19 bits per heavy atom. The molecule has 0 fully saturated rings. The Bertz CT molecular complexity index is 1170. The van der Waals surface area contributed by atoms with Gasteiger partial charge in [-0.2, -0.15) is 0 Å². The third-order valence-electron chi connectivity index (χ3n) is 3.96. The second-order valence-electron chi connectivity index (χ2n) is 6.16. The summed E-state index contributed by atoms with van der Waals surface area (Å²) in [5, 5.41) is 5.78. The minimum absolute atomic E-state index is 0.0214. The number of rotatable bonds is 7. The van der Waals surface area contributed by atoms with E-state index in [0.29, 0.717) is 22.0 Å². The Balaban J connectivity index is 1.63. The van der Waals surface area contributed by atoms with Gasteiger partial charge in [-0.15, -0.1) is 0 Å². The minimum atomic E-state index is -0.632. The molecule has 0 atom stereocenters. The zero-order valence-corrected chi connectivity index (χ0v) is 17.8. The van der Waals surface area contributed by atoms with Crippen molar-refractivity contribution in [3.8, 4) is 5.75 Å². The molecular weight excluding hydrogens is 442 g/mol. The van der Waals surface area contributed by atoms with Crippen LogP contribution in [0.25, 0.3) is 0 Å². The number of nitrogens with one attached hydrogen (secondary N) is 3. The molecule has 0 unspecified atom stereocenters. The van der Waals surface area contributed by atoms with Gasteiger partial charge < -0.3 is 21.1 Å². The quantitative estimate of drug-likeness (QED) is 0.314. The number of benzene rings is 2. The van der Waals surface area contributed by atoms with Gasteiger partial charge >= 0.3 is 0 Å². The van der Waals surface area contributed by atoms with Gasteiger partial charge in [0.15, 0.2) is 11.0 Å². The number of halogens is 1. The third-order valence-corrected chi connectivity index (χ3v) is 5.07. The van der Waals surface area contributed by atoms with Crippen LogP contribution in [-0.2, 0) is 4.79 Å². The van der Waals surface area contributed by atoms with Crippen LogP contribution in [0.4, 0.5) is 17.2 Å². The van der Waals surface area contributed by atoms with E-state index >= 15 is 0 Å². The van der Waals surface area contributed by atoms with Crippen molar-refractivity contribution >= 4 is 52.4 Å². The van der Waals surface area contributed by atoms with Crippen LogP contribution in [0.15, 0.2) is 58.5 Å². The number of carbonyl (C=O) groups excluding carboxylic acids is 2. The average Bonchev–Trinajstić information content (AvgIpc) is 2.75. The molecule has 3 rings (SSSR count). The number of H-pyrrole nitrogens is 1. The zero-order valence-electron chi connectivity index (χ0n) is 16.3. The van der Waals surface area contributed by atoms with E-state index in [1.165, 1.54) is 7.11 Å². The molecule has 0 aliphatic heterocycles. The van der Waals surface area contributed by atoms with Gasteiger partial charge in [-0.3, -0.25) is 19.4 Å². The van der Waals surface area contributed by atoms with Crippen molar-refractivity contribution < 1.29 is 14.3 Å². The predicted octanol–water partition coefficient (Wildman–Crippen LogP) is 3.00. The first-order valence-electron chi connectivity index (χ1n) is 8.89. The number of nitrogens with zero attached hydrogens (tertiary/aromatic N) is 1. The highest BCUT2D eigenvalue weighted by molar-refractivity contribution is 7.99. The van der Waals surface area contributed by atoms with Crippen molar-refractivity contribution in [3.63, 3.8) is 0 Å². The summed E-state index contributed by atoms with van der Waals surface area (Å²) >= 11 is 6.87. The molecule has 0 radical (unpaired) electrons. The first kappa shape index (κ1) is 22.2. The van der Waals surface area contributed by atoms with Crippen LogP contribution in [0.1, 0.15) is 10.4 Å². The van der Waals surface area contributed by atoms with E-state index in [4.69, 9.17) is 22.1 Å². The van der Waals surface area contributed by atoms with Crippen LogP contribution in [0.3, 0.4) is 0 Å².